The number of hydrogen-bond donors (Lipinski definition) is 0. The zero-order chi connectivity index (χ0) is 8.27. The molecule has 0 aromatic carbocycles. The van der Waals surface area contributed by atoms with Gasteiger partial charge in [0.15, 0.2) is 0 Å². The molecule has 0 aromatic heterocycles. The fourth-order valence-corrected chi connectivity index (χ4v) is 1.52. The van der Waals surface area contributed by atoms with E-state index in [0.29, 0.717) is 5.92 Å². The number of carbonyl (C=O) groups excluding carboxylic acids is 1. The van der Waals surface area contributed by atoms with Crippen LogP contribution in [0.5, 0.6) is 0 Å². The lowest BCUT2D eigenvalue weighted by Crippen LogP contribution is -2.20. The van der Waals surface area contributed by atoms with E-state index in [1.165, 1.54) is 0 Å². The third-order valence-corrected chi connectivity index (χ3v) is 2.40. The minimum atomic E-state index is 0.424. The molecule has 1 fully saturated rings. The Balaban J connectivity index is 2.41. The van der Waals surface area contributed by atoms with Crippen LogP contribution >= 0.6 is 0 Å². The van der Waals surface area contributed by atoms with Gasteiger partial charge >= 0.3 is 0 Å². The first-order valence-electron chi connectivity index (χ1n) is 4.14. The summed E-state index contributed by atoms with van der Waals surface area (Å²) < 4.78 is 0. The molecule has 1 aliphatic heterocycles. The summed E-state index contributed by atoms with van der Waals surface area (Å²) in [5, 5.41) is 0. The van der Waals surface area contributed by atoms with E-state index in [9.17, 15) is 4.79 Å². The first-order valence-corrected chi connectivity index (χ1v) is 4.14. The maximum Gasteiger partial charge on any atom is 0.145 e. The quantitative estimate of drug-likeness (QED) is 0.447. The largest absolute Gasteiger partial charge is 0.303 e. The summed E-state index contributed by atoms with van der Waals surface area (Å²) in [5.41, 5.74) is 0.765. The minimum Gasteiger partial charge on any atom is -0.303 e. The number of nitrogens with zero attached hydrogens (tertiary/aromatic N) is 1. The van der Waals surface area contributed by atoms with E-state index >= 15 is 0 Å². The Morgan fingerprint density at radius 2 is 2.55 bits per heavy atom. The van der Waals surface area contributed by atoms with Crippen molar-refractivity contribution in [3.63, 3.8) is 0 Å². The van der Waals surface area contributed by atoms with Crippen LogP contribution < -0.4 is 0 Å². The fraction of sp³-hybridized carbons (Fsp3) is 0.667. The average Bonchev–Trinajstić information content (AvgIpc) is 2.50. The maximum absolute atomic E-state index is 10.4. The molecule has 0 saturated carbocycles. The zero-order valence-electron chi connectivity index (χ0n) is 7.05. The van der Waals surface area contributed by atoms with Crippen LogP contribution in [0, 0.1) is 5.92 Å². The van der Waals surface area contributed by atoms with Gasteiger partial charge in [-0.3, -0.25) is 4.79 Å². The SMILES string of the molecule is C=C(C=O)C1CCN(CC)C1. The topological polar surface area (TPSA) is 20.3 Å². The van der Waals surface area contributed by atoms with E-state index in [1.807, 2.05) is 0 Å². The molecule has 0 N–H and O–H groups in total. The molecule has 11 heavy (non-hydrogen) atoms. The highest BCUT2D eigenvalue weighted by molar-refractivity contribution is 5.73. The lowest BCUT2D eigenvalue weighted by atomic mass is 10.0. The zero-order valence-corrected chi connectivity index (χ0v) is 7.05. The third-order valence-electron chi connectivity index (χ3n) is 2.40. The molecular formula is C9H15NO. The smallest absolute Gasteiger partial charge is 0.145 e. The van der Waals surface area contributed by atoms with Crippen LogP contribution in [0.4, 0.5) is 0 Å². The number of likely N-dealkylation sites (tertiary alicyclic amines) is 1. The van der Waals surface area contributed by atoms with Crippen LogP contribution in [0.2, 0.25) is 0 Å². The van der Waals surface area contributed by atoms with E-state index in [0.717, 1.165) is 37.9 Å². The predicted octanol–water partition coefficient (Wildman–Crippen LogP) is 1.08. The molecule has 62 valence electrons. The van der Waals surface area contributed by atoms with E-state index in [1.54, 1.807) is 0 Å². The summed E-state index contributed by atoms with van der Waals surface area (Å²) >= 11 is 0. The van der Waals surface area contributed by atoms with Gasteiger partial charge in [-0.25, -0.2) is 0 Å². The summed E-state index contributed by atoms with van der Waals surface area (Å²) in [6, 6.07) is 0. The molecule has 0 amide bonds. The number of carbonyl (C=O) groups is 1. The van der Waals surface area contributed by atoms with Crippen molar-refractivity contribution in [2.45, 2.75) is 13.3 Å². The molecule has 1 aliphatic rings. The van der Waals surface area contributed by atoms with E-state index in [2.05, 4.69) is 18.4 Å². The van der Waals surface area contributed by atoms with Crippen molar-refractivity contribution in [2.24, 2.45) is 5.92 Å². The monoisotopic (exact) mass is 153 g/mol. The Kier molecular flexibility index (Phi) is 2.83. The third kappa shape index (κ3) is 1.90. The molecule has 0 bridgehead atoms. The number of hydrogen-bond acceptors (Lipinski definition) is 2. The van der Waals surface area contributed by atoms with Crippen LogP contribution in [-0.2, 0) is 4.79 Å². The van der Waals surface area contributed by atoms with Crippen LogP contribution in [0.15, 0.2) is 12.2 Å². The molecule has 0 radical (unpaired) electrons. The van der Waals surface area contributed by atoms with Crippen molar-refractivity contribution in [2.75, 3.05) is 19.6 Å². The van der Waals surface area contributed by atoms with Gasteiger partial charge in [-0.1, -0.05) is 13.5 Å². The van der Waals surface area contributed by atoms with Crippen LogP contribution in [0.3, 0.4) is 0 Å². The summed E-state index contributed by atoms with van der Waals surface area (Å²) in [4.78, 5) is 12.7. The maximum atomic E-state index is 10.4. The molecule has 1 rings (SSSR count). The second-order valence-corrected chi connectivity index (χ2v) is 3.07. The molecule has 1 heterocycles. The lowest BCUT2D eigenvalue weighted by molar-refractivity contribution is -0.105. The van der Waals surface area contributed by atoms with E-state index < -0.39 is 0 Å². The Morgan fingerprint density at radius 1 is 1.82 bits per heavy atom. The van der Waals surface area contributed by atoms with Crippen molar-refractivity contribution >= 4 is 6.29 Å². The van der Waals surface area contributed by atoms with Crippen molar-refractivity contribution < 1.29 is 4.79 Å². The summed E-state index contributed by atoms with van der Waals surface area (Å²) in [5.74, 6) is 0.424. The van der Waals surface area contributed by atoms with Gasteiger partial charge in [0, 0.05) is 12.5 Å². The van der Waals surface area contributed by atoms with Crippen LogP contribution in [0.1, 0.15) is 13.3 Å². The molecule has 2 nitrogen and oxygen atoms in total. The molecular weight excluding hydrogens is 138 g/mol. The number of aldehydes is 1. The second-order valence-electron chi connectivity index (χ2n) is 3.07. The van der Waals surface area contributed by atoms with Crippen LogP contribution in [0.25, 0.3) is 0 Å². The van der Waals surface area contributed by atoms with Crippen molar-refractivity contribution in [1.82, 2.24) is 4.90 Å². The van der Waals surface area contributed by atoms with Crippen LogP contribution in [-0.4, -0.2) is 30.8 Å². The Hall–Kier alpha value is -0.630. The fourth-order valence-electron chi connectivity index (χ4n) is 1.52. The first kappa shape index (κ1) is 8.47. The van der Waals surface area contributed by atoms with Gasteiger partial charge in [-0.2, -0.15) is 0 Å². The van der Waals surface area contributed by atoms with E-state index in [4.69, 9.17) is 0 Å². The predicted molar refractivity (Wildman–Crippen MR) is 45.4 cm³/mol. The molecule has 0 spiro atoms. The Bertz CT molecular complexity index is 165. The summed E-state index contributed by atoms with van der Waals surface area (Å²) in [6.45, 7) is 9.10. The first-order chi connectivity index (χ1) is 5.27. The molecule has 2 heteroatoms. The Morgan fingerprint density at radius 3 is 3.00 bits per heavy atom. The second kappa shape index (κ2) is 3.67. The Labute approximate surface area is 67.9 Å². The molecule has 0 aromatic rings. The van der Waals surface area contributed by atoms with Crippen molar-refractivity contribution in [3.05, 3.63) is 12.2 Å². The molecule has 1 saturated heterocycles. The average molecular weight is 153 g/mol. The summed E-state index contributed by atoms with van der Waals surface area (Å²) in [6.07, 6.45) is 2.00. The van der Waals surface area contributed by atoms with Gasteiger partial charge in [-0.15, -0.1) is 0 Å². The van der Waals surface area contributed by atoms with E-state index in [-0.39, 0.29) is 0 Å². The molecule has 0 aliphatic carbocycles. The standard InChI is InChI=1S/C9H15NO/c1-3-10-5-4-9(6-10)8(2)7-11/h7,9H,2-6H2,1H3. The highest BCUT2D eigenvalue weighted by atomic mass is 16.1. The van der Waals surface area contributed by atoms with Gasteiger partial charge in [0.2, 0.25) is 0 Å². The normalized spacial score (nSPS) is 25.4. The van der Waals surface area contributed by atoms with Gasteiger partial charge in [0.1, 0.15) is 6.29 Å². The lowest BCUT2D eigenvalue weighted by Gasteiger charge is -2.11. The summed E-state index contributed by atoms with van der Waals surface area (Å²) in [7, 11) is 0. The highest BCUT2D eigenvalue weighted by Gasteiger charge is 2.22. The van der Waals surface area contributed by atoms with Gasteiger partial charge < -0.3 is 4.90 Å². The molecule has 1 atom stereocenters. The minimum absolute atomic E-state index is 0.424. The van der Waals surface area contributed by atoms with Gasteiger partial charge in [-0.05, 0) is 25.1 Å². The molecule has 1 unspecified atom stereocenters. The van der Waals surface area contributed by atoms with Gasteiger partial charge in [0.05, 0.1) is 0 Å². The number of rotatable bonds is 3. The highest BCUT2D eigenvalue weighted by Crippen LogP contribution is 2.20. The van der Waals surface area contributed by atoms with Crippen molar-refractivity contribution in [3.8, 4) is 0 Å². The van der Waals surface area contributed by atoms with Crippen molar-refractivity contribution in [1.29, 1.82) is 0 Å². The van der Waals surface area contributed by atoms with Gasteiger partial charge in [0.25, 0.3) is 0 Å².